The highest BCUT2D eigenvalue weighted by Gasteiger charge is 2.56. The first-order valence-corrected chi connectivity index (χ1v) is 15.3. The minimum Gasteiger partial charge on any atom is -0.462 e. The van der Waals surface area contributed by atoms with Crippen LogP contribution in [0.4, 0.5) is 0 Å². The molecule has 1 aliphatic rings. The van der Waals surface area contributed by atoms with Crippen molar-refractivity contribution in [3.8, 4) is 17.6 Å². The third-order valence-electron chi connectivity index (χ3n) is 5.35. The van der Waals surface area contributed by atoms with E-state index in [1.54, 1.807) is 51.1 Å². The Balaban J connectivity index is 0.00000274. The second kappa shape index (κ2) is 14.7. The molecule has 6 atom stereocenters. The SMILES string of the molecule is CC.CC#C[C@@]1(O)[C@H](O)[C@@H](COP(=S)(NC(C)C(=O)OC(C)C)Oc2ccccc2)O[C@H]1n1ccc(=O)[nH]c1=O. The van der Waals surface area contributed by atoms with Crippen LogP contribution < -0.4 is 20.9 Å². The largest absolute Gasteiger partial charge is 0.462 e. The van der Waals surface area contributed by atoms with Crippen molar-refractivity contribution >= 4 is 24.4 Å². The number of benzene rings is 1. The Labute approximate surface area is 237 Å². The number of para-hydroxylation sites is 1. The van der Waals surface area contributed by atoms with Crippen molar-refractivity contribution in [2.24, 2.45) is 0 Å². The molecule has 220 valence electrons. The number of esters is 1. The smallest absolute Gasteiger partial charge is 0.330 e. The summed E-state index contributed by atoms with van der Waals surface area (Å²) < 4.78 is 23.8. The summed E-state index contributed by atoms with van der Waals surface area (Å²) in [7, 11) is 0. The number of hydrogen-bond donors (Lipinski definition) is 4. The van der Waals surface area contributed by atoms with Gasteiger partial charge in [-0.1, -0.05) is 38.0 Å². The van der Waals surface area contributed by atoms with Gasteiger partial charge in [-0.2, -0.15) is 0 Å². The van der Waals surface area contributed by atoms with Crippen LogP contribution in [0.1, 0.15) is 47.8 Å². The molecule has 14 heteroatoms. The van der Waals surface area contributed by atoms with Crippen LogP contribution in [0, 0.1) is 11.8 Å². The number of aliphatic hydroxyl groups is 2. The van der Waals surface area contributed by atoms with Gasteiger partial charge in [-0.3, -0.25) is 19.1 Å². The minimum atomic E-state index is -3.48. The molecule has 0 saturated carbocycles. The summed E-state index contributed by atoms with van der Waals surface area (Å²) in [6.45, 7) is 6.51. The van der Waals surface area contributed by atoms with Gasteiger partial charge in [0, 0.05) is 12.3 Å². The fraction of sp³-hybridized carbons (Fsp3) is 0.500. The molecule has 0 spiro atoms. The zero-order valence-electron chi connectivity index (χ0n) is 23.2. The maximum absolute atomic E-state index is 12.4. The van der Waals surface area contributed by atoms with E-state index in [1.807, 2.05) is 13.8 Å². The number of aromatic amines is 1. The Morgan fingerprint density at radius 1 is 1.25 bits per heavy atom. The van der Waals surface area contributed by atoms with Gasteiger partial charge in [0.2, 0.25) is 0 Å². The predicted molar refractivity (Wildman–Crippen MR) is 152 cm³/mol. The lowest BCUT2D eigenvalue weighted by molar-refractivity contribution is -0.149. The molecule has 2 heterocycles. The van der Waals surface area contributed by atoms with Gasteiger partial charge < -0.3 is 28.7 Å². The fourth-order valence-corrected chi connectivity index (χ4v) is 6.05. The van der Waals surface area contributed by atoms with Gasteiger partial charge in [0.05, 0.1) is 12.7 Å². The Bertz CT molecular complexity index is 1350. The van der Waals surface area contributed by atoms with Crippen LogP contribution in [-0.4, -0.2) is 62.3 Å². The average Bonchev–Trinajstić information content (AvgIpc) is 3.14. The normalized spacial score (nSPS) is 24.1. The number of nitrogens with zero attached hydrogens (tertiary/aromatic N) is 1. The number of ether oxygens (including phenoxy) is 2. The monoisotopic (exact) mass is 597 g/mol. The lowest BCUT2D eigenvalue weighted by Gasteiger charge is -2.28. The maximum atomic E-state index is 12.4. The van der Waals surface area contributed by atoms with Gasteiger partial charge in [-0.15, -0.1) is 5.92 Å². The van der Waals surface area contributed by atoms with Crippen molar-refractivity contribution in [2.45, 2.75) is 77.7 Å². The number of aliphatic hydroxyl groups excluding tert-OH is 1. The van der Waals surface area contributed by atoms with Crippen LogP contribution in [0.5, 0.6) is 5.75 Å². The number of carbonyl (C=O) groups excluding carboxylic acids is 1. The topological polar surface area (TPSA) is 161 Å². The number of hydrogen-bond acceptors (Lipinski definition) is 10. The molecule has 3 rings (SSSR count). The molecule has 1 aromatic heterocycles. The molecule has 2 aromatic rings. The highest BCUT2D eigenvalue weighted by Crippen LogP contribution is 2.47. The van der Waals surface area contributed by atoms with Crippen molar-refractivity contribution in [2.75, 3.05) is 6.61 Å². The summed E-state index contributed by atoms with van der Waals surface area (Å²) in [5.41, 5.74) is -3.75. The van der Waals surface area contributed by atoms with Crippen LogP contribution in [0.15, 0.2) is 52.2 Å². The molecular weight excluding hydrogens is 561 g/mol. The second-order valence-corrected chi connectivity index (χ2v) is 11.9. The zero-order chi connectivity index (χ0) is 30.1. The first-order chi connectivity index (χ1) is 18.9. The van der Waals surface area contributed by atoms with Crippen LogP contribution in [-0.2, 0) is 30.6 Å². The molecule has 0 amide bonds. The molecular formula is C26H36N3O9PS. The van der Waals surface area contributed by atoms with Crippen LogP contribution in [0.2, 0.25) is 0 Å². The Morgan fingerprint density at radius 3 is 2.48 bits per heavy atom. The first-order valence-electron chi connectivity index (χ1n) is 12.7. The van der Waals surface area contributed by atoms with E-state index in [0.29, 0.717) is 5.75 Å². The lowest BCUT2D eigenvalue weighted by Crippen LogP contribution is -2.48. The van der Waals surface area contributed by atoms with Crippen LogP contribution in [0.25, 0.3) is 0 Å². The molecule has 2 unspecified atom stereocenters. The maximum Gasteiger partial charge on any atom is 0.330 e. The van der Waals surface area contributed by atoms with Crippen molar-refractivity contribution < 1.29 is 33.5 Å². The molecule has 0 radical (unpaired) electrons. The number of nitrogens with one attached hydrogen (secondary N) is 2. The number of H-pyrrole nitrogens is 1. The van der Waals surface area contributed by atoms with Gasteiger partial charge >= 0.3 is 18.3 Å². The molecule has 0 aliphatic carbocycles. The van der Waals surface area contributed by atoms with Gasteiger partial charge in [-0.05, 0) is 51.6 Å². The van der Waals surface area contributed by atoms with Crippen molar-refractivity contribution in [3.05, 3.63) is 63.4 Å². The highest BCUT2D eigenvalue weighted by atomic mass is 32.5. The number of rotatable bonds is 10. The zero-order valence-corrected chi connectivity index (χ0v) is 24.9. The third-order valence-corrected chi connectivity index (χ3v) is 7.85. The third kappa shape index (κ3) is 8.34. The predicted octanol–water partition coefficient (Wildman–Crippen LogP) is 1.83. The summed E-state index contributed by atoms with van der Waals surface area (Å²) in [6, 6.07) is 8.70. The molecule has 1 aromatic carbocycles. The Morgan fingerprint density at radius 2 is 1.90 bits per heavy atom. The van der Waals surface area contributed by atoms with Gasteiger partial charge in [0.15, 0.2) is 11.8 Å². The minimum absolute atomic E-state index is 0.354. The summed E-state index contributed by atoms with van der Waals surface area (Å²) in [5.74, 6) is 4.81. The van der Waals surface area contributed by atoms with E-state index in [1.165, 1.54) is 6.92 Å². The molecule has 1 saturated heterocycles. The standard InChI is InChI=1S/C24H30N3O9PS.C2H6/c1-5-12-24(32)20(29)18(35-22(24)27-13-11-19(28)25-23(27)31)14-33-37(38,36-17-9-7-6-8-10-17)26-16(4)21(30)34-15(2)3;1-2/h6-11,13,15-16,18,20,22,29,32H,14H2,1-4H3,(H,26,38)(H,25,28,31);1-2H3/t16?,18-,20-,22-,24-,37?;/m1./s1. The van der Waals surface area contributed by atoms with E-state index in [2.05, 4.69) is 21.9 Å². The van der Waals surface area contributed by atoms with Crippen molar-refractivity contribution in [1.29, 1.82) is 0 Å². The van der Waals surface area contributed by atoms with Gasteiger partial charge in [0.25, 0.3) is 5.56 Å². The van der Waals surface area contributed by atoms with E-state index in [0.717, 1.165) is 16.8 Å². The molecule has 40 heavy (non-hydrogen) atoms. The fourth-order valence-electron chi connectivity index (χ4n) is 3.64. The molecule has 4 N–H and O–H groups in total. The van der Waals surface area contributed by atoms with Crippen molar-refractivity contribution in [1.82, 2.24) is 14.6 Å². The highest BCUT2D eigenvalue weighted by molar-refractivity contribution is 8.09. The molecule has 0 bridgehead atoms. The first kappa shape index (κ1) is 33.4. The quantitative estimate of drug-likeness (QED) is 0.180. The molecule has 12 nitrogen and oxygen atoms in total. The van der Waals surface area contributed by atoms with Crippen LogP contribution in [0.3, 0.4) is 0 Å². The molecule has 1 aliphatic heterocycles. The van der Waals surface area contributed by atoms with E-state index >= 15 is 0 Å². The lowest BCUT2D eigenvalue weighted by atomic mass is 9.94. The summed E-state index contributed by atoms with van der Waals surface area (Å²) in [6.07, 6.45) is -3.60. The summed E-state index contributed by atoms with van der Waals surface area (Å²) in [5, 5.41) is 25.1. The van der Waals surface area contributed by atoms with E-state index < -0.39 is 60.5 Å². The van der Waals surface area contributed by atoms with E-state index in [9.17, 15) is 24.6 Å². The van der Waals surface area contributed by atoms with Gasteiger partial charge in [0.1, 0.15) is 24.0 Å². The second-order valence-electron chi connectivity index (χ2n) is 8.72. The van der Waals surface area contributed by atoms with E-state index in [-0.39, 0.29) is 6.10 Å². The van der Waals surface area contributed by atoms with E-state index in [4.69, 9.17) is 30.3 Å². The average molecular weight is 598 g/mol. The Hall–Kier alpha value is -2.82. The summed E-state index contributed by atoms with van der Waals surface area (Å²) in [4.78, 5) is 38.4. The Kier molecular flexibility index (Phi) is 12.3. The number of carbonyl (C=O) groups is 1. The van der Waals surface area contributed by atoms with Crippen molar-refractivity contribution in [3.63, 3.8) is 0 Å². The van der Waals surface area contributed by atoms with Crippen LogP contribution >= 0.6 is 6.64 Å². The number of aromatic nitrogens is 2. The summed E-state index contributed by atoms with van der Waals surface area (Å²) >= 11 is 5.66. The van der Waals surface area contributed by atoms with Gasteiger partial charge in [-0.25, -0.2) is 9.88 Å². The molecule has 1 fully saturated rings.